The van der Waals surface area contributed by atoms with Crippen LogP contribution in [0, 0.1) is 0 Å². The van der Waals surface area contributed by atoms with Gasteiger partial charge in [-0.25, -0.2) is 0 Å². The second-order valence-electron chi connectivity index (χ2n) is 4.80. The first-order chi connectivity index (χ1) is 8.70. The number of pyridine rings is 1. The predicted octanol–water partition coefficient (Wildman–Crippen LogP) is 3.41. The zero-order valence-electron chi connectivity index (χ0n) is 10.9. The van der Waals surface area contributed by atoms with Gasteiger partial charge >= 0.3 is 0 Å². The van der Waals surface area contributed by atoms with E-state index in [4.69, 9.17) is 5.11 Å². The minimum absolute atomic E-state index is 0.171. The summed E-state index contributed by atoms with van der Waals surface area (Å²) < 4.78 is 0. The van der Waals surface area contributed by atoms with Gasteiger partial charge in [0.15, 0.2) is 0 Å². The standard InChI is InChI=1S/C16H19NO/c1-12(2)14-4-6-15(7-5-14)16-8-3-13(9-10-18)11-17-16/h3-8,11-12,18H,9-10H2,1-2H3. The van der Waals surface area contributed by atoms with Crippen molar-refractivity contribution in [1.29, 1.82) is 0 Å². The SMILES string of the molecule is CC(C)c1ccc(-c2ccc(CCO)cn2)cc1. The van der Waals surface area contributed by atoms with E-state index in [9.17, 15) is 0 Å². The number of hydrogen-bond donors (Lipinski definition) is 1. The molecule has 2 nitrogen and oxygen atoms in total. The van der Waals surface area contributed by atoms with Crippen LogP contribution in [0.4, 0.5) is 0 Å². The molecule has 2 heteroatoms. The van der Waals surface area contributed by atoms with Crippen molar-refractivity contribution in [1.82, 2.24) is 4.98 Å². The number of aliphatic hydroxyl groups is 1. The molecule has 1 aromatic heterocycles. The Labute approximate surface area is 108 Å². The lowest BCUT2D eigenvalue weighted by Gasteiger charge is -2.07. The van der Waals surface area contributed by atoms with E-state index in [1.54, 1.807) is 0 Å². The summed E-state index contributed by atoms with van der Waals surface area (Å²) in [6, 6.07) is 12.6. The molecule has 0 aliphatic carbocycles. The quantitative estimate of drug-likeness (QED) is 0.889. The van der Waals surface area contributed by atoms with Gasteiger partial charge in [0.2, 0.25) is 0 Å². The summed E-state index contributed by atoms with van der Waals surface area (Å²) in [5.41, 5.74) is 4.53. The highest BCUT2D eigenvalue weighted by Gasteiger charge is 2.02. The van der Waals surface area contributed by atoms with Crippen molar-refractivity contribution in [3.8, 4) is 11.3 Å². The maximum atomic E-state index is 8.86. The molecule has 0 unspecified atom stereocenters. The smallest absolute Gasteiger partial charge is 0.0702 e. The van der Waals surface area contributed by atoms with Crippen LogP contribution in [0.5, 0.6) is 0 Å². The molecule has 0 fully saturated rings. The van der Waals surface area contributed by atoms with Crippen LogP contribution >= 0.6 is 0 Å². The van der Waals surface area contributed by atoms with Crippen molar-refractivity contribution >= 4 is 0 Å². The monoisotopic (exact) mass is 241 g/mol. The average molecular weight is 241 g/mol. The molecular weight excluding hydrogens is 222 g/mol. The molecule has 1 heterocycles. The summed E-state index contributed by atoms with van der Waals surface area (Å²) in [5, 5.41) is 8.86. The number of aromatic nitrogens is 1. The van der Waals surface area contributed by atoms with Gasteiger partial charge in [-0.15, -0.1) is 0 Å². The second-order valence-corrected chi connectivity index (χ2v) is 4.80. The van der Waals surface area contributed by atoms with Crippen molar-refractivity contribution in [3.05, 3.63) is 53.7 Å². The summed E-state index contributed by atoms with van der Waals surface area (Å²) >= 11 is 0. The molecular formula is C16H19NO. The van der Waals surface area contributed by atoms with E-state index in [1.165, 1.54) is 5.56 Å². The molecule has 0 spiro atoms. The largest absolute Gasteiger partial charge is 0.396 e. The van der Waals surface area contributed by atoms with E-state index < -0.39 is 0 Å². The van der Waals surface area contributed by atoms with Crippen molar-refractivity contribution in [2.75, 3.05) is 6.61 Å². The molecule has 0 aliphatic rings. The van der Waals surface area contributed by atoms with E-state index in [1.807, 2.05) is 18.3 Å². The first-order valence-electron chi connectivity index (χ1n) is 6.37. The normalized spacial score (nSPS) is 10.9. The third kappa shape index (κ3) is 2.96. The van der Waals surface area contributed by atoms with Gasteiger partial charge in [-0.1, -0.05) is 44.2 Å². The van der Waals surface area contributed by atoms with Crippen LogP contribution in [0.1, 0.15) is 30.9 Å². The van der Waals surface area contributed by atoms with Crippen LogP contribution in [0.15, 0.2) is 42.6 Å². The van der Waals surface area contributed by atoms with Crippen molar-refractivity contribution in [3.63, 3.8) is 0 Å². The number of nitrogens with zero attached hydrogens (tertiary/aromatic N) is 1. The fraction of sp³-hybridized carbons (Fsp3) is 0.312. The van der Waals surface area contributed by atoms with Gasteiger partial charge in [-0.3, -0.25) is 4.98 Å². The van der Waals surface area contributed by atoms with Gasteiger partial charge in [-0.05, 0) is 29.5 Å². The Morgan fingerprint density at radius 2 is 1.78 bits per heavy atom. The molecule has 0 bridgehead atoms. The average Bonchev–Trinajstić information content (AvgIpc) is 2.40. The molecule has 0 saturated heterocycles. The van der Waals surface area contributed by atoms with E-state index in [0.717, 1.165) is 16.8 Å². The molecule has 0 amide bonds. The Morgan fingerprint density at radius 1 is 1.06 bits per heavy atom. The maximum absolute atomic E-state index is 8.86. The summed E-state index contributed by atoms with van der Waals surface area (Å²) in [4.78, 5) is 4.43. The lowest BCUT2D eigenvalue weighted by molar-refractivity contribution is 0.299. The molecule has 1 aromatic carbocycles. The predicted molar refractivity (Wildman–Crippen MR) is 74.6 cm³/mol. The van der Waals surface area contributed by atoms with Crippen LogP contribution in [0.3, 0.4) is 0 Å². The lowest BCUT2D eigenvalue weighted by atomic mass is 10.0. The number of hydrogen-bond acceptors (Lipinski definition) is 2. The number of aliphatic hydroxyl groups excluding tert-OH is 1. The molecule has 2 rings (SSSR count). The van der Waals surface area contributed by atoms with Gasteiger partial charge in [0.1, 0.15) is 0 Å². The number of rotatable bonds is 4. The minimum atomic E-state index is 0.171. The Bertz CT molecular complexity index is 486. The summed E-state index contributed by atoms with van der Waals surface area (Å²) in [6.07, 6.45) is 2.50. The van der Waals surface area contributed by atoms with Gasteiger partial charge in [0, 0.05) is 18.4 Å². The lowest BCUT2D eigenvalue weighted by Crippen LogP contribution is -1.93. The van der Waals surface area contributed by atoms with Gasteiger partial charge < -0.3 is 5.11 Å². The summed E-state index contributed by atoms with van der Waals surface area (Å²) in [6.45, 7) is 4.55. The highest BCUT2D eigenvalue weighted by atomic mass is 16.2. The Morgan fingerprint density at radius 3 is 2.28 bits per heavy atom. The van der Waals surface area contributed by atoms with E-state index in [-0.39, 0.29) is 6.61 Å². The first kappa shape index (κ1) is 12.8. The Hall–Kier alpha value is -1.67. The van der Waals surface area contributed by atoms with E-state index in [0.29, 0.717) is 12.3 Å². The van der Waals surface area contributed by atoms with Gasteiger partial charge in [0.25, 0.3) is 0 Å². The topological polar surface area (TPSA) is 33.1 Å². The number of benzene rings is 1. The zero-order valence-corrected chi connectivity index (χ0v) is 10.9. The second kappa shape index (κ2) is 5.78. The van der Waals surface area contributed by atoms with Gasteiger partial charge in [-0.2, -0.15) is 0 Å². The van der Waals surface area contributed by atoms with E-state index >= 15 is 0 Å². The Balaban J connectivity index is 2.20. The highest BCUT2D eigenvalue weighted by molar-refractivity contribution is 5.59. The fourth-order valence-corrected chi connectivity index (χ4v) is 1.91. The van der Waals surface area contributed by atoms with Crippen molar-refractivity contribution in [2.24, 2.45) is 0 Å². The molecule has 0 atom stereocenters. The molecule has 0 aliphatic heterocycles. The molecule has 0 radical (unpaired) electrons. The fourth-order valence-electron chi connectivity index (χ4n) is 1.91. The van der Waals surface area contributed by atoms with Gasteiger partial charge in [0.05, 0.1) is 5.69 Å². The van der Waals surface area contributed by atoms with Crippen molar-refractivity contribution < 1.29 is 5.11 Å². The van der Waals surface area contributed by atoms with Crippen LogP contribution in [-0.2, 0) is 6.42 Å². The van der Waals surface area contributed by atoms with Crippen LogP contribution in [-0.4, -0.2) is 16.7 Å². The van der Waals surface area contributed by atoms with Crippen LogP contribution < -0.4 is 0 Å². The highest BCUT2D eigenvalue weighted by Crippen LogP contribution is 2.21. The summed E-state index contributed by atoms with van der Waals surface area (Å²) in [5.74, 6) is 0.555. The Kier molecular flexibility index (Phi) is 4.11. The van der Waals surface area contributed by atoms with Crippen LogP contribution in [0.2, 0.25) is 0 Å². The van der Waals surface area contributed by atoms with Crippen LogP contribution in [0.25, 0.3) is 11.3 Å². The molecule has 18 heavy (non-hydrogen) atoms. The third-order valence-electron chi connectivity index (χ3n) is 3.10. The first-order valence-corrected chi connectivity index (χ1v) is 6.37. The zero-order chi connectivity index (χ0) is 13.0. The van der Waals surface area contributed by atoms with E-state index in [2.05, 4.69) is 43.1 Å². The molecule has 94 valence electrons. The third-order valence-corrected chi connectivity index (χ3v) is 3.10. The minimum Gasteiger partial charge on any atom is -0.396 e. The molecule has 0 saturated carbocycles. The molecule has 1 N–H and O–H groups in total. The summed E-state index contributed by atoms with van der Waals surface area (Å²) in [7, 11) is 0. The van der Waals surface area contributed by atoms with Crippen molar-refractivity contribution in [2.45, 2.75) is 26.2 Å². The maximum Gasteiger partial charge on any atom is 0.0702 e. The molecule has 2 aromatic rings.